The zero-order valence-corrected chi connectivity index (χ0v) is 19.8. The van der Waals surface area contributed by atoms with Gasteiger partial charge in [0.15, 0.2) is 0 Å². The molecule has 2 aromatic carbocycles. The fraction of sp³-hybridized carbons (Fsp3) is 0.200. The number of nitrogens with one attached hydrogen (secondary N) is 2. The van der Waals surface area contributed by atoms with Gasteiger partial charge in [-0.15, -0.1) is 0 Å². The van der Waals surface area contributed by atoms with Gasteiger partial charge in [0.2, 0.25) is 5.91 Å². The molecule has 0 saturated heterocycles. The Hall–Kier alpha value is -3.75. The Kier molecular flexibility index (Phi) is 6.90. The van der Waals surface area contributed by atoms with Gasteiger partial charge in [-0.05, 0) is 48.9 Å². The van der Waals surface area contributed by atoms with Crippen molar-refractivity contribution in [1.82, 2.24) is 19.9 Å². The van der Waals surface area contributed by atoms with Crippen LogP contribution in [0.15, 0.2) is 60.9 Å². The number of imidazole rings is 1. The quantitative estimate of drug-likeness (QED) is 0.412. The molecule has 1 atom stereocenters. The number of carbonyl (C=O) groups is 2. The summed E-state index contributed by atoms with van der Waals surface area (Å²) in [7, 11) is 3.30. The van der Waals surface area contributed by atoms with Crippen LogP contribution >= 0.6 is 11.6 Å². The SMILES string of the molecule is COCC(=O)Nc1cc(C(=O)NC(C)c2ccc(Cl)cc2)c2c(c1)nc(-c1ccncc1)n2C. The number of aryl methyl sites for hydroxylation is 1. The number of fused-ring (bicyclic) bond motifs is 1. The minimum atomic E-state index is -0.326. The monoisotopic (exact) mass is 477 g/mol. The highest BCUT2D eigenvalue weighted by molar-refractivity contribution is 6.30. The van der Waals surface area contributed by atoms with Gasteiger partial charge in [0.1, 0.15) is 12.4 Å². The molecule has 0 aliphatic carbocycles. The first-order valence-electron chi connectivity index (χ1n) is 10.6. The maximum Gasteiger partial charge on any atom is 0.254 e. The summed E-state index contributed by atoms with van der Waals surface area (Å²) in [4.78, 5) is 34.4. The van der Waals surface area contributed by atoms with Crippen molar-refractivity contribution in [3.63, 3.8) is 0 Å². The molecular formula is C25H24ClN5O3. The van der Waals surface area contributed by atoms with Crippen LogP contribution in [-0.2, 0) is 16.6 Å². The Bertz CT molecular complexity index is 1340. The van der Waals surface area contributed by atoms with Crippen molar-refractivity contribution in [3.8, 4) is 11.4 Å². The topological polar surface area (TPSA) is 98.1 Å². The molecule has 0 aliphatic heterocycles. The van der Waals surface area contributed by atoms with E-state index in [2.05, 4.69) is 15.6 Å². The highest BCUT2D eigenvalue weighted by Gasteiger charge is 2.21. The first-order valence-corrected chi connectivity index (χ1v) is 11.0. The fourth-order valence-electron chi connectivity index (χ4n) is 3.79. The van der Waals surface area contributed by atoms with Gasteiger partial charge < -0.3 is 19.9 Å². The van der Waals surface area contributed by atoms with E-state index in [1.54, 1.807) is 36.7 Å². The van der Waals surface area contributed by atoms with E-state index >= 15 is 0 Å². The van der Waals surface area contributed by atoms with Crippen molar-refractivity contribution in [2.75, 3.05) is 19.0 Å². The van der Waals surface area contributed by atoms with Crippen molar-refractivity contribution < 1.29 is 14.3 Å². The van der Waals surface area contributed by atoms with E-state index < -0.39 is 0 Å². The fourth-order valence-corrected chi connectivity index (χ4v) is 3.92. The summed E-state index contributed by atoms with van der Waals surface area (Å²) >= 11 is 5.99. The summed E-state index contributed by atoms with van der Waals surface area (Å²) in [5.74, 6) is 0.0603. The molecule has 0 radical (unpaired) electrons. The maximum atomic E-state index is 13.4. The van der Waals surface area contributed by atoms with Gasteiger partial charge in [0.25, 0.3) is 5.91 Å². The third-order valence-electron chi connectivity index (χ3n) is 5.43. The third-order valence-corrected chi connectivity index (χ3v) is 5.68. The molecule has 34 heavy (non-hydrogen) atoms. The number of aromatic nitrogens is 3. The molecule has 2 amide bonds. The molecule has 2 heterocycles. The van der Waals surface area contributed by atoms with Crippen LogP contribution in [0.2, 0.25) is 5.02 Å². The standard InChI is InChI=1S/C25H24ClN5O3/c1-15(16-4-6-18(26)7-5-16)28-25(33)20-12-19(29-22(32)14-34-3)13-21-23(20)31(2)24(30-21)17-8-10-27-11-9-17/h4-13,15H,14H2,1-3H3,(H,28,33)(H,29,32). The lowest BCUT2D eigenvalue weighted by molar-refractivity contribution is -0.119. The van der Waals surface area contributed by atoms with E-state index in [1.807, 2.05) is 42.8 Å². The smallest absolute Gasteiger partial charge is 0.254 e. The summed E-state index contributed by atoms with van der Waals surface area (Å²) in [5.41, 5.74) is 3.85. The molecular weight excluding hydrogens is 454 g/mol. The van der Waals surface area contributed by atoms with Crippen LogP contribution in [0.1, 0.15) is 28.9 Å². The number of nitrogens with zero attached hydrogens (tertiary/aromatic N) is 3. The highest BCUT2D eigenvalue weighted by Crippen LogP contribution is 2.29. The normalized spacial score (nSPS) is 11.9. The molecule has 0 fully saturated rings. The Balaban J connectivity index is 1.77. The largest absolute Gasteiger partial charge is 0.375 e. The number of pyridine rings is 1. The second-order valence-electron chi connectivity index (χ2n) is 7.85. The lowest BCUT2D eigenvalue weighted by atomic mass is 10.1. The zero-order chi connectivity index (χ0) is 24.2. The van der Waals surface area contributed by atoms with E-state index in [-0.39, 0.29) is 24.5 Å². The second kappa shape index (κ2) is 10.0. The molecule has 2 N–H and O–H groups in total. The van der Waals surface area contributed by atoms with E-state index in [4.69, 9.17) is 21.3 Å². The lowest BCUT2D eigenvalue weighted by Gasteiger charge is -2.16. The maximum absolute atomic E-state index is 13.4. The van der Waals surface area contributed by atoms with Crippen molar-refractivity contribution >= 4 is 40.1 Å². The van der Waals surface area contributed by atoms with Crippen LogP contribution in [0.3, 0.4) is 0 Å². The van der Waals surface area contributed by atoms with Gasteiger partial charge >= 0.3 is 0 Å². The van der Waals surface area contributed by atoms with E-state index in [9.17, 15) is 9.59 Å². The number of amides is 2. The number of anilines is 1. The number of carbonyl (C=O) groups excluding carboxylic acids is 2. The van der Waals surface area contributed by atoms with Gasteiger partial charge in [-0.3, -0.25) is 14.6 Å². The molecule has 2 aromatic heterocycles. The number of methoxy groups -OCH3 is 1. The molecule has 4 rings (SSSR count). The Morgan fingerprint density at radius 3 is 2.50 bits per heavy atom. The molecule has 4 aromatic rings. The number of hydrogen-bond acceptors (Lipinski definition) is 5. The number of benzene rings is 2. The van der Waals surface area contributed by atoms with Crippen LogP contribution in [0, 0.1) is 0 Å². The van der Waals surface area contributed by atoms with Gasteiger partial charge in [-0.25, -0.2) is 4.98 Å². The Morgan fingerprint density at radius 2 is 1.82 bits per heavy atom. The number of rotatable bonds is 7. The molecule has 0 spiro atoms. The van der Waals surface area contributed by atoms with Gasteiger partial charge in [0, 0.05) is 42.8 Å². The summed E-state index contributed by atoms with van der Waals surface area (Å²) in [6, 6.07) is 14.1. The van der Waals surface area contributed by atoms with Crippen LogP contribution in [0.25, 0.3) is 22.4 Å². The van der Waals surface area contributed by atoms with Crippen molar-refractivity contribution in [3.05, 3.63) is 77.1 Å². The lowest BCUT2D eigenvalue weighted by Crippen LogP contribution is -2.27. The average Bonchev–Trinajstić information content (AvgIpc) is 3.15. The number of halogens is 1. The van der Waals surface area contributed by atoms with Crippen molar-refractivity contribution in [2.45, 2.75) is 13.0 Å². The van der Waals surface area contributed by atoms with Crippen molar-refractivity contribution in [2.24, 2.45) is 7.05 Å². The van der Waals surface area contributed by atoms with Crippen LogP contribution < -0.4 is 10.6 Å². The summed E-state index contributed by atoms with van der Waals surface area (Å²) in [5, 5.41) is 6.43. The van der Waals surface area contributed by atoms with Gasteiger partial charge in [0.05, 0.1) is 22.6 Å². The average molecular weight is 478 g/mol. The van der Waals surface area contributed by atoms with E-state index in [0.717, 1.165) is 11.1 Å². The Labute approximate surface area is 201 Å². The predicted octanol–water partition coefficient (Wildman–Crippen LogP) is 4.36. The number of hydrogen-bond donors (Lipinski definition) is 2. The van der Waals surface area contributed by atoms with E-state index in [1.165, 1.54) is 7.11 Å². The second-order valence-corrected chi connectivity index (χ2v) is 8.29. The summed E-state index contributed by atoms with van der Waals surface area (Å²) < 4.78 is 6.77. The summed E-state index contributed by atoms with van der Waals surface area (Å²) in [6.45, 7) is 1.80. The zero-order valence-electron chi connectivity index (χ0n) is 19.0. The van der Waals surface area contributed by atoms with Crippen molar-refractivity contribution in [1.29, 1.82) is 0 Å². The third kappa shape index (κ3) is 4.93. The highest BCUT2D eigenvalue weighted by atomic mass is 35.5. The van der Waals surface area contributed by atoms with Gasteiger partial charge in [-0.2, -0.15) is 0 Å². The van der Waals surface area contributed by atoms with Gasteiger partial charge in [-0.1, -0.05) is 23.7 Å². The predicted molar refractivity (Wildman–Crippen MR) is 132 cm³/mol. The minimum Gasteiger partial charge on any atom is -0.375 e. The molecule has 0 bridgehead atoms. The minimum absolute atomic E-state index is 0.0996. The van der Waals surface area contributed by atoms with E-state index in [0.29, 0.717) is 33.1 Å². The molecule has 9 heteroatoms. The van der Waals surface area contributed by atoms with Crippen LogP contribution in [0.5, 0.6) is 0 Å². The number of ether oxygens (including phenoxy) is 1. The molecule has 8 nitrogen and oxygen atoms in total. The van der Waals surface area contributed by atoms with Crippen LogP contribution in [0.4, 0.5) is 5.69 Å². The van der Waals surface area contributed by atoms with Crippen LogP contribution in [-0.4, -0.2) is 40.1 Å². The Morgan fingerprint density at radius 1 is 1.12 bits per heavy atom. The molecule has 0 aliphatic rings. The molecule has 174 valence electrons. The summed E-state index contributed by atoms with van der Waals surface area (Å²) in [6.07, 6.45) is 3.37. The first-order chi connectivity index (χ1) is 16.4. The molecule has 0 saturated carbocycles. The first kappa shape index (κ1) is 23.4. The molecule has 1 unspecified atom stereocenters.